The molecule has 3 heterocycles. The van der Waals surface area contributed by atoms with E-state index in [9.17, 15) is 0 Å². The first-order valence-electron chi connectivity index (χ1n) is 8.83. The summed E-state index contributed by atoms with van der Waals surface area (Å²) >= 11 is 1.65. The van der Waals surface area contributed by atoms with Gasteiger partial charge in [-0.15, -0.1) is 10.2 Å². The number of benzene rings is 1. The Balaban J connectivity index is 1.38. The summed E-state index contributed by atoms with van der Waals surface area (Å²) in [7, 11) is 0. The Kier molecular flexibility index (Phi) is 4.68. The third-order valence-corrected chi connectivity index (χ3v) is 5.73. The van der Waals surface area contributed by atoms with Crippen molar-refractivity contribution in [3.05, 3.63) is 57.6 Å². The molecule has 3 aromatic rings. The summed E-state index contributed by atoms with van der Waals surface area (Å²) in [5, 5.41) is 12.6. The first-order chi connectivity index (χ1) is 12.2. The normalized spacial score (nSPS) is 16.4. The monoisotopic (exact) mass is 353 g/mol. The lowest BCUT2D eigenvalue weighted by atomic mass is 9.96. The van der Waals surface area contributed by atoms with Gasteiger partial charge in [0, 0.05) is 23.4 Å². The van der Waals surface area contributed by atoms with Crippen LogP contribution in [0.4, 0.5) is 0 Å². The lowest BCUT2D eigenvalue weighted by molar-refractivity contribution is 0.193. The Morgan fingerprint density at radius 3 is 2.76 bits per heavy atom. The Hall–Kier alpha value is -1.98. The number of likely N-dealkylation sites (tertiary alicyclic amines) is 1. The summed E-state index contributed by atoms with van der Waals surface area (Å²) in [4.78, 5) is 2.54. The van der Waals surface area contributed by atoms with Crippen molar-refractivity contribution >= 4 is 11.3 Å². The molecule has 25 heavy (non-hydrogen) atoms. The molecular weight excluding hydrogens is 330 g/mol. The van der Waals surface area contributed by atoms with Crippen molar-refractivity contribution in [3.8, 4) is 11.5 Å². The standard InChI is InChI=1S/C20H23N3OS/c1-14-3-4-15(2)18(11-14)12-23-8-5-16(6-9-23)19-21-22-20(24-19)17-7-10-25-13-17/h3-4,7,10-11,13,16H,5-6,8-9,12H2,1-2H3. The van der Waals surface area contributed by atoms with E-state index in [0.717, 1.165) is 43.9 Å². The number of hydrogen-bond donors (Lipinski definition) is 0. The predicted molar refractivity (Wildman–Crippen MR) is 101 cm³/mol. The van der Waals surface area contributed by atoms with Gasteiger partial charge in [0.1, 0.15) is 0 Å². The number of piperidine rings is 1. The van der Waals surface area contributed by atoms with E-state index >= 15 is 0 Å². The molecule has 1 fully saturated rings. The highest BCUT2D eigenvalue weighted by Gasteiger charge is 2.25. The molecule has 1 saturated heterocycles. The average Bonchev–Trinajstić information content (AvgIpc) is 3.30. The van der Waals surface area contributed by atoms with Gasteiger partial charge in [-0.25, -0.2) is 0 Å². The largest absolute Gasteiger partial charge is 0.420 e. The van der Waals surface area contributed by atoms with Crippen LogP contribution in [0.1, 0.15) is 41.3 Å². The van der Waals surface area contributed by atoms with Gasteiger partial charge < -0.3 is 4.42 Å². The van der Waals surface area contributed by atoms with Gasteiger partial charge in [0.05, 0.1) is 0 Å². The number of rotatable bonds is 4. The van der Waals surface area contributed by atoms with Crippen molar-refractivity contribution in [3.63, 3.8) is 0 Å². The topological polar surface area (TPSA) is 42.2 Å². The van der Waals surface area contributed by atoms with Crippen LogP contribution >= 0.6 is 11.3 Å². The molecule has 1 aliphatic rings. The second kappa shape index (κ2) is 7.10. The van der Waals surface area contributed by atoms with Gasteiger partial charge in [-0.2, -0.15) is 11.3 Å². The molecule has 0 saturated carbocycles. The van der Waals surface area contributed by atoms with E-state index in [1.165, 1.54) is 16.7 Å². The number of nitrogens with zero attached hydrogens (tertiary/aromatic N) is 3. The molecule has 0 aliphatic carbocycles. The zero-order chi connectivity index (χ0) is 17.2. The van der Waals surface area contributed by atoms with Gasteiger partial charge in [0.2, 0.25) is 11.8 Å². The number of aromatic nitrogens is 2. The van der Waals surface area contributed by atoms with E-state index in [1.54, 1.807) is 11.3 Å². The van der Waals surface area contributed by atoms with Crippen LogP contribution in [-0.4, -0.2) is 28.2 Å². The maximum atomic E-state index is 5.92. The fraction of sp³-hybridized carbons (Fsp3) is 0.400. The fourth-order valence-corrected chi connectivity index (χ4v) is 4.08. The summed E-state index contributed by atoms with van der Waals surface area (Å²) in [6, 6.07) is 8.74. The summed E-state index contributed by atoms with van der Waals surface area (Å²) < 4.78 is 5.92. The van der Waals surface area contributed by atoms with E-state index in [1.807, 2.05) is 16.8 Å². The van der Waals surface area contributed by atoms with Crippen LogP contribution in [0, 0.1) is 13.8 Å². The van der Waals surface area contributed by atoms with Gasteiger partial charge in [0.15, 0.2) is 0 Å². The highest BCUT2D eigenvalue weighted by molar-refractivity contribution is 7.08. The highest BCUT2D eigenvalue weighted by Crippen LogP contribution is 2.30. The predicted octanol–water partition coefficient (Wildman–Crippen LogP) is 4.79. The minimum Gasteiger partial charge on any atom is -0.420 e. The van der Waals surface area contributed by atoms with Gasteiger partial charge in [-0.3, -0.25) is 4.90 Å². The Bertz CT molecular complexity index is 833. The molecule has 4 nitrogen and oxygen atoms in total. The first-order valence-corrected chi connectivity index (χ1v) is 9.78. The van der Waals surface area contributed by atoms with Crippen LogP contribution in [0.3, 0.4) is 0 Å². The third-order valence-electron chi connectivity index (χ3n) is 5.04. The van der Waals surface area contributed by atoms with Crippen LogP contribution in [-0.2, 0) is 6.54 Å². The minimum atomic E-state index is 0.384. The van der Waals surface area contributed by atoms with E-state index in [-0.39, 0.29) is 0 Å². The van der Waals surface area contributed by atoms with Crippen LogP contribution in [0.5, 0.6) is 0 Å². The van der Waals surface area contributed by atoms with Crippen molar-refractivity contribution in [2.24, 2.45) is 0 Å². The van der Waals surface area contributed by atoms with Crippen molar-refractivity contribution in [1.82, 2.24) is 15.1 Å². The molecule has 0 bridgehead atoms. The second-order valence-corrected chi connectivity index (χ2v) is 7.72. The molecule has 0 radical (unpaired) electrons. The van der Waals surface area contributed by atoms with Crippen molar-refractivity contribution < 1.29 is 4.42 Å². The van der Waals surface area contributed by atoms with E-state index in [2.05, 4.69) is 47.1 Å². The van der Waals surface area contributed by atoms with Gasteiger partial charge in [-0.1, -0.05) is 23.8 Å². The SMILES string of the molecule is Cc1ccc(C)c(CN2CCC(c3nnc(-c4ccsc4)o3)CC2)c1. The van der Waals surface area contributed by atoms with Crippen LogP contribution in [0.25, 0.3) is 11.5 Å². The molecule has 0 amide bonds. The van der Waals surface area contributed by atoms with Crippen molar-refractivity contribution in [2.75, 3.05) is 13.1 Å². The quantitative estimate of drug-likeness (QED) is 0.676. The Morgan fingerprint density at radius 1 is 1.16 bits per heavy atom. The molecule has 0 N–H and O–H groups in total. The summed E-state index contributed by atoms with van der Waals surface area (Å²) in [6.45, 7) is 7.55. The van der Waals surface area contributed by atoms with Crippen molar-refractivity contribution in [2.45, 2.75) is 39.2 Å². The van der Waals surface area contributed by atoms with E-state index in [4.69, 9.17) is 4.42 Å². The van der Waals surface area contributed by atoms with E-state index in [0.29, 0.717) is 11.8 Å². The highest BCUT2D eigenvalue weighted by atomic mass is 32.1. The number of hydrogen-bond acceptors (Lipinski definition) is 5. The van der Waals surface area contributed by atoms with E-state index < -0.39 is 0 Å². The molecule has 1 aliphatic heterocycles. The second-order valence-electron chi connectivity index (χ2n) is 6.94. The number of aryl methyl sites for hydroxylation is 2. The molecule has 0 atom stereocenters. The molecule has 1 aromatic carbocycles. The van der Waals surface area contributed by atoms with Gasteiger partial charge >= 0.3 is 0 Å². The van der Waals surface area contributed by atoms with Crippen LogP contribution in [0.2, 0.25) is 0 Å². The Morgan fingerprint density at radius 2 is 2.00 bits per heavy atom. The zero-order valence-corrected chi connectivity index (χ0v) is 15.6. The fourth-order valence-electron chi connectivity index (χ4n) is 3.45. The van der Waals surface area contributed by atoms with Gasteiger partial charge in [0.25, 0.3) is 0 Å². The molecule has 2 aromatic heterocycles. The van der Waals surface area contributed by atoms with Crippen molar-refractivity contribution in [1.29, 1.82) is 0 Å². The minimum absolute atomic E-state index is 0.384. The number of thiophene rings is 1. The lowest BCUT2D eigenvalue weighted by Crippen LogP contribution is -2.32. The maximum Gasteiger partial charge on any atom is 0.248 e. The summed E-state index contributed by atoms with van der Waals surface area (Å²) in [5.41, 5.74) is 5.18. The smallest absolute Gasteiger partial charge is 0.248 e. The van der Waals surface area contributed by atoms with Crippen LogP contribution < -0.4 is 0 Å². The maximum absolute atomic E-state index is 5.92. The first kappa shape index (κ1) is 16.5. The van der Waals surface area contributed by atoms with Gasteiger partial charge in [-0.05, 0) is 62.4 Å². The molecule has 0 spiro atoms. The lowest BCUT2D eigenvalue weighted by Gasteiger charge is -2.30. The molecule has 4 rings (SSSR count). The molecule has 0 unspecified atom stereocenters. The molecule has 130 valence electrons. The average molecular weight is 353 g/mol. The van der Waals surface area contributed by atoms with Crippen LogP contribution in [0.15, 0.2) is 39.4 Å². The molecular formula is C20H23N3OS. The molecule has 5 heteroatoms. The Labute approximate surface area is 152 Å². The summed E-state index contributed by atoms with van der Waals surface area (Å²) in [6.07, 6.45) is 2.16. The third kappa shape index (κ3) is 3.67. The zero-order valence-electron chi connectivity index (χ0n) is 14.7. The summed E-state index contributed by atoms with van der Waals surface area (Å²) in [5.74, 6) is 1.83.